The smallest absolute Gasteiger partial charge is 0.242 e. The minimum absolute atomic E-state index is 0. The summed E-state index contributed by atoms with van der Waals surface area (Å²) in [6.07, 6.45) is 1.56. The van der Waals surface area contributed by atoms with Crippen LogP contribution in [-0.4, -0.2) is 67.0 Å². The monoisotopic (exact) mass is 395 g/mol. The summed E-state index contributed by atoms with van der Waals surface area (Å²) in [5, 5.41) is -0.262. The molecular weight excluding hydrogens is 354 g/mol. The van der Waals surface area contributed by atoms with Gasteiger partial charge in [-0.15, -0.1) is 11.8 Å². The van der Waals surface area contributed by atoms with Crippen molar-refractivity contribution in [1.29, 1.82) is 0 Å². The van der Waals surface area contributed by atoms with Gasteiger partial charge in [-0.25, -0.2) is 0 Å². The maximum atomic E-state index is 12.0. The minimum Gasteiger partial charge on any atom is -0.382 e. The largest absolute Gasteiger partial charge is 0.382 e. The number of amides is 2. The fourth-order valence-electron chi connectivity index (χ4n) is 2.20. The standard InChI is InChI=1S/C15H25NO5S.4CH4/c1-3-22-13-11-14(18)16(15(13)19)7-6-12(17)5-4-8-21-10-9-20-2;;;;/h13H,3-11H2,1-2H3;4*1H4. The molecule has 1 saturated heterocycles. The van der Waals surface area contributed by atoms with Gasteiger partial charge < -0.3 is 9.47 Å². The Balaban J connectivity index is -0.000000605. The molecule has 26 heavy (non-hydrogen) atoms. The predicted molar refractivity (Wildman–Crippen MR) is 112 cm³/mol. The summed E-state index contributed by atoms with van der Waals surface area (Å²) in [5.74, 6) is 0.557. The van der Waals surface area contributed by atoms with Gasteiger partial charge in [0, 0.05) is 39.5 Å². The lowest BCUT2D eigenvalue weighted by molar-refractivity contribution is -0.138. The van der Waals surface area contributed by atoms with E-state index in [-0.39, 0.29) is 71.9 Å². The van der Waals surface area contributed by atoms with Gasteiger partial charge in [-0.3, -0.25) is 19.3 Å². The molecule has 1 aliphatic rings. The number of nitrogens with zero attached hydrogens (tertiary/aromatic N) is 1. The molecule has 0 aromatic carbocycles. The second-order valence-corrected chi connectivity index (χ2v) is 6.51. The van der Waals surface area contributed by atoms with Gasteiger partial charge in [0.15, 0.2) is 0 Å². The lowest BCUT2D eigenvalue weighted by Crippen LogP contribution is -2.33. The third kappa shape index (κ3) is 11.6. The van der Waals surface area contributed by atoms with Crippen molar-refractivity contribution in [3.63, 3.8) is 0 Å². The highest BCUT2D eigenvalue weighted by atomic mass is 32.2. The van der Waals surface area contributed by atoms with E-state index in [9.17, 15) is 14.4 Å². The first kappa shape index (κ1) is 32.7. The molecule has 0 radical (unpaired) electrons. The molecule has 0 spiro atoms. The van der Waals surface area contributed by atoms with Crippen molar-refractivity contribution in [2.24, 2.45) is 0 Å². The molecule has 0 aliphatic carbocycles. The van der Waals surface area contributed by atoms with E-state index in [1.807, 2.05) is 6.92 Å². The fourth-order valence-corrected chi connectivity index (χ4v) is 3.13. The Morgan fingerprint density at radius 2 is 1.77 bits per heavy atom. The molecule has 1 heterocycles. The molecule has 0 N–H and O–H groups in total. The van der Waals surface area contributed by atoms with Crippen molar-refractivity contribution in [2.75, 3.05) is 39.2 Å². The summed E-state index contributed by atoms with van der Waals surface area (Å²) in [5.41, 5.74) is 0. The highest BCUT2D eigenvalue weighted by molar-refractivity contribution is 8.00. The Bertz CT molecular complexity index is 390. The van der Waals surface area contributed by atoms with Gasteiger partial charge in [-0.1, -0.05) is 36.6 Å². The molecule has 0 saturated carbocycles. The summed E-state index contributed by atoms with van der Waals surface area (Å²) in [4.78, 5) is 36.8. The van der Waals surface area contributed by atoms with E-state index in [4.69, 9.17) is 9.47 Å². The zero-order valence-electron chi connectivity index (χ0n) is 13.3. The number of Topliss-reactive ketones (excluding diaryl/α,β-unsaturated/α-hetero) is 1. The van der Waals surface area contributed by atoms with Crippen LogP contribution in [0, 0.1) is 0 Å². The van der Waals surface area contributed by atoms with Crippen LogP contribution < -0.4 is 0 Å². The van der Waals surface area contributed by atoms with E-state index >= 15 is 0 Å². The molecule has 6 nitrogen and oxygen atoms in total. The van der Waals surface area contributed by atoms with E-state index in [1.54, 1.807) is 7.11 Å². The Kier molecular flexibility index (Phi) is 23.7. The van der Waals surface area contributed by atoms with Crippen molar-refractivity contribution in [1.82, 2.24) is 4.90 Å². The number of hydrogen-bond acceptors (Lipinski definition) is 6. The van der Waals surface area contributed by atoms with E-state index in [0.717, 1.165) is 5.75 Å². The Morgan fingerprint density at radius 1 is 1.12 bits per heavy atom. The van der Waals surface area contributed by atoms with Crippen LogP contribution in [0.15, 0.2) is 0 Å². The topological polar surface area (TPSA) is 72.9 Å². The highest BCUT2D eigenvalue weighted by Crippen LogP contribution is 2.24. The summed E-state index contributed by atoms with van der Waals surface area (Å²) in [6.45, 7) is 3.76. The molecular formula is C19H41NO5S. The van der Waals surface area contributed by atoms with Gasteiger partial charge in [-0.05, 0) is 12.2 Å². The fraction of sp³-hybridized carbons (Fsp3) is 0.842. The summed E-state index contributed by atoms with van der Waals surface area (Å²) >= 11 is 1.49. The van der Waals surface area contributed by atoms with Crippen LogP contribution in [0.4, 0.5) is 0 Å². The van der Waals surface area contributed by atoms with Crippen LogP contribution >= 0.6 is 11.8 Å². The summed E-state index contributed by atoms with van der Waals surface area (Å²) in [6, 6.07) is 0. The second-order valence-electron chi connectivity index (χ2n) is 5.03. The van der Waals surface area contributed by atoms with E-state index in [2.05, 4.69) is 0 Å². The lowest BCUT2D eigenvalue weighted by Gasteiger charge is -2.14. The number of hydrogen-bond donors (Lipinski definition) is 0. The molecule has 1 aliphatic heterocycles. The molecule has 0 aromatic heterocycles. The average molecular weight is 396 g/mol. The SMILES string of the molecule is C.C.C.C.CCSC1CC(=O)N(CCC(=O)CCCOCCOC)C1=O. The number of rotatable bonds is 12. The first-order valence-corrected chi connectivity index (χ1v) is 8.69. The van der Waals surface area contributed by atoms with Crippen molar-refractivity contribution < 1.29 is 23.9 Å². The van der Waals surface area contributed by atoms with Crippen LogP contribution in [0.1, 0.15) is 62.3 Å². The number of ketones is 1. The molecule has 0 aromatic rings. The highest BCUT2D eigenvalue weighted by Gasteiger charge is 2.38. The predicted octanol–water partition coefficient (Wildman–Crippen LogP) is 3.81. The zero-order valence-corrected chi connectivity index (χ0v) is 14.2. The summed E-state index contributed by atoms with van der Waals surface area (Å²) in [7, 11) is 1.61. The minimum atomic E-state index is -0.262. The number of thioether (sulfide) groups is 1. The van der Waals surface area contributed by atoms with Gasteiger partial charge >= 0.3 is 0 Å². The quantitative estimate of drug-likeness (QED) is 0.369. The van der Waals surface area contributed by atoms with Gasteiger partial charge in [0.2, 0.25) is 11.8 Å². The molecule has 0 bridgehead atoms. The molecule has 158 valence electrons. The number of methoxy groups -OCH3 is 1. The van der Waals surface area contributed by atoms with Crippen LogP contribution in [0.25, 0.3) is 0 Å². The number of likely N-dealkylation sites (tertiary alicyclic amines) is 1. The third-order valence-corrected chi connectivity index (χ3v) is 4.46. The molecule has 2 amide bonds. The van der Waals surface area contributed by atoms with Gasteiger partial charge in [0.25, 0.3) is 0 Å². The van der Waals surface area contributed by atoms with Gasteiger partial charge in [0.05, 0.1) is 18.5 Å². The molecule has 1 rings (SSSR count). The molecule has 1 atom stereocenters. The third-order valence-electron chi connectivity index (χ3n) is 3.36. The van der Waals surface area contributed by atoms with Crippen molar-refractivity contribution in [3.05, 3.63) is 0 Å². The maximum absolute atomic E-state index is 12.0. The van der Waals surface area contributed by atoms with Crippen LogP contribution in [0.3, 0.4) is 0 Å². The average Bonchev–Trinajstić information content (AvgIpc) is 2.75. The number of imide groups is 1. The van der Waals surface area contributed by atoms with Crippen molar-refractivity contribution in [3.8, 4) is 0 Å². The zero-order chi connectivity index (χ0) is 16.4. The van der Waals surface area contributed by atoms with Crippen molar-refractivity contribution >= 4 is 29.4 Å². The Morgan fingerprint density at radius 3 is 2.35 bits per heavy atom. The van der Waals surface area contributed by atoms with Gasteiger partial charge in [0.1, 0.15) is 5.78 Å². The summed E-state index contributed by atoms with van der Waals surface area (Å²) < 4.78 is 10.1. The van der Waals surface area contributed by atoms with E-state index < -0.39 is 0 Å². The first-order chi connectivity index (χ1) is 10.6. The van der Waals surface area contributed by atoms with Crippen LogP contribution in [0.2, 0.25) is 0 Å². The van der Waals surface area contributed by atoms with Crippen molar-refractivity contribution in [2.45, 2.75) is 67.6 Å². The number of carbonyl (C=O) groups excluding carboxylic acids is 3. The number of ether oxygens (including phenoxy) is 2. The molecule has 7 heteroatoms. The van der Waals surface area contributed by atoms with Gasteiger partial charge in [-0.2, -0.15) is 0 Å². The van der Waals surface area contributed by atoms with E-state index in [1.165, 1.54) is 16.7 Å². The maximum Gasteiger partial charge on any atom is 0.242 e. The second kappa shape index (κ2) is 18.9. The Hall–Kier alpha value is -0.920. The van der Waals surface area contributed by atoms with E-state index in [0.29, 0.717) is 32.7 Å². The van der Waals surface area contributed by atoms with Crippen LogP contribution in [0.5, 0.6) is 0 Å². The number of carbonyl (C=O) groups is 3. The Labute approximate surface area is 165 Å². The first-order valence-electron chi connectivity index (χ1n) is 7.64. The normalized spacial score (nSPS) is 15.5. The van der Waals surface area contributed by atoms with Crippen LogP contribution in [-0.2, 0) is 23.9 Å². The molecule has 1 unspecified atom stereocenters. The lowest BCUT2D eigenvalue weighted by atomic mass is 10.1. The molecule has 1 fully saturated rings.